The van der Waals surface area contributed by atoms with E-state index < -0.39 is 21.4 Å². The molecule has 0 amide bonds. The molecule has 0 fully saturated rings. The number of carboxylic acids is 1. The van der Waals surface area contributed by atoms with Gasteiger partial charge in [-0.25, -0.2) is 13.2 Å². The molecule has 100 valence electrons. The quantitative estimate of drug-likeness (QED) is 0.808. The number of hydrogen-bond donors (Lipinski definition) is 1. The van der Waals surface area contributed by atoms with Crippen LogP contribution in [0.15, 0.2) is 23.1 Å². The number of aromatic carboxylic acids is 1. The summed E-state index contributed by atoms with van der Waals surface area (Å²) in [7, 11) is -3.19. The molecule has 0 saturated carbocycles. The predicted molar refractivity (Wildman–Crippen MR) is 66.6 cm³/mol. The van der Waals surface area contributed by atoms with Crippen molar-refractivity contribution in [2.24, 2.45) is 0 Å². The molecule has 1 heterocycles. The lowest BCUT2D eigenvalue weighted by Crippen LogP contribution is -2.25. The maximum Gasteiger partial charge on any atom is 0.337 e. The van der Waals surface area contributed by atoms with Gasteiger partial charge in [-0.05, 0) is 12.5 Å². The van der Waals surface area contributed by atoms with E-state index in [0.717, 1.165) is 16.8 Å². The molecule has 7 heteroatoms. The van der Waals surface area contributed by atoms with Crippen molar-refractivity contribution in [2.75, 3.05) is 11.5 Å². The van der Waals surface area contributed by atoms with Crippen molar-refractivity contribution >= 4 is 15.8 Å². The van der Waals surface area contributed by atoms with E-state index in [1.165, 1.54) is 6.07 Å². The summed E-state index contributed by atoms with van der Waals surface area (Å²) in [5, 5.41) is 8.78. The highest BCUT2D eigenvalue weighted by Gasteiger charge is 2.11. The number of sulfone groups is 1. The molecule has 1 aromatic rings. The van der Waals surface area contributed by atoms with Gasteiger partial charge in [0.1, 0.15) is 0 Å². The average molecular weight is 273 g/mol. The van der Waals surface area contributed by atoms with Crippen LogP contribution in [0.3, 0.4) is 0 Å². The van der Waals surface area contributed by atoms with E-state index in [9.17, 15) is 18.0 Å². The highest BCUT2D eigenvalue weighted by Crippen LogP contribution is 1.98. The Kier molecular flexibility index (Phi) is 4.66. The van der Waals surface area contributed by atoms with Crippen LogP contribution in [0, 0.1) is 0 Å². The topological polar surface area (TPSA) is 93.4 Å². The van der Waals surface area contributed by atoms with Gasteiger partial charge < -0.3 is 9.67 Å². The fraction of sp³-hybridized carbons (Fsp3) is 0.455. The number of pyridine rings is 1. The summed E-state index contributed by atoms with van der Waals surface area (Å²) < 4.78 is 24.1. The molecule has 0 aliphatic carbocycles. The molecule has 6 nitrogen and oxygen atoms in total. The predicted octanol–water partition coefficient (Wildman–Crippen LogP) is 0.371. The van der Waals surface area contributed by atoms with Gasteiger partial charge in [-0.15, -0.1) is 0 Å². The minimum Gasteiger partial charge on any atom is -0.478 e. The van der Waals surface area contributed by atoms with Gasteiger partial charge in [0, 0.05) is 24.6 Å². The number of carbonyl (C=O) groups is 1. The van der Waals surface area contributed by atoms with Crippen molar-refractivity contribution in [2.45, 2.75) is 19.9 Å². The second-order valence-corrected chi connectivity index (χ2v) is 6.21. The number of aromatic nitrogens is 1. The third-order valence-electron chi connectivity index (χ3n) is 2.39. The molecular formula is C11H15NO5S. The second-order valence-electron chi connectivity index (χ2n) is 3.91. The maximum absolute atomic E-state index is 11.5. The minimum atomic E-state index is -3.19. The lowest BCUT2D eigenvalue weighted by Gasteiger charge is -2.07. The van der Waals surface area contributed by atoms with Gasteiger partial charge in [0.15, 0.2) is 9.84 Å². The zero-order valence-electron chi connectivity index (χ0n) is 10.00. The normalized spacial score (nSPS) is 11.4. The summed E-state index contributed by atoms with van der Waals surface area (Å²) >= 11 is 0. The molecule has 1 N–H and O–H groups in total. The average Bonchev–Trinajstić information content (AvgIpc) is 2.27. The van der Waals surface area contributed by atoms with Crippen molar-refractivity contribution in [3.63, 3.8) is 0 Å². The van der Waals surface area contributed by atoms with Gasteiger partial charge in [-0.3, -0.25) is 4.79 Å². The highest BCUT2D eigenvalue weighted by molar-refractivity contribution is 7.91. The van der Waals surface area contributed by atoms with E-state index >= 15 is 0 Å². The van der Waals surface area contributed by atoms with Crippen LogP contribution in [0.1, 0.15) is 23.7 Å². The van der Waals surface area contributed by atoms with E-state index in [1.54, 1.807) is 6.92 Å². The lowest BCUT2D eigenvalue weighted by atomic mass is 10.3. The van der Waals surface area contributed by atoms with Crippen LogP contribution in [0.4, 0.5) is 0 Å². The first-order valence-electron chi connectivity index (χ1n) is 5.50. The van der Waals surface area contributed by atoms with E-state index in [2.05, 4.69) is 0 Å². The van der Waals surface area contributed by atoms with Crippen molar-refractivity contribution in [1.29, 1.82) is 0 Å². The third kappa shape index (κ3) is 3.99. The summed E-state index contributed by atoms with van der Waals surface area (Å²) in [6.45, 7) is 1.73. The van der Waals surface area contributed by atoms with Gasteiger partial charge >= 0.3 is 5.97 Å². The van der Waals surface area contributed by atoms with Gasteiger partial charge in [0.2, 0.25) is 0 Å². The first-order chi connectivity index (χ1) is 8.35. The van der Waals surface area contributed by atoms with Crippen molar-refractivity contribution < 1.29 is 18.3 Å². The van der Waals surface area contributed by atoms with E-state index in [-0.39, 0.29) is 23.6 Å². The van der Waals surface area contributed by atoms with Crippen LogP contribution < -0.4 is 5.56 Å². The Balaban J connectivity index is 2.88. The molecule has 0 aliphatic rings. The molecule has 0 saturated heterocycles. The molecule has 1 aromatic heterocycles. The van der Waals surface area contributed by atoms with Crippen molar-refractivity contribution in [3.8, 4) is 0 Å². The van der Waals surface area contributed by atoms with Crippen LogP contribution in [-0.2, 0) is 16.4 Å². The first kappa shape index (κ1) is 14.4. The monoisotopic (exact) mass is 273 g/mol. The Hall–Kier alpha value is -1.63. The molecule has 0 spiro atoms. The summed E-state index contributed by atoms with van der Waals surface area (Å²) in [4.78, 5) is 22.2. The molecular weight excluding hydrogens is 258 g/mol. The summed E-state index contributed by atoms with van der Waals surface area (Å²) in [5.41, 5.74) is -0.450. The van der Waals surface area contributed by atoms with Crippen LogP contribution in [-0.4, -0.2) is 35.6 Å². The van der Waals surface area contributed by atoms with Crippen LogP contribution in [0.5, 0.6) is 0 Å². The summed E-state index contributed by atoms with van der Waals surface area (Å²) in [5.74, 6) is -1.25. The van der Waals surface area contributed by atoms with Crippen LogP contribution in [0.2, 0.25) is 0 Å². The molecule has 0 aliphatic heterocycles. The first-order valence-corrected chi connectivity index (χ1v) is 7.32. The number of aryl methyl sites for hydroxylation is 1. The highest BCUT2D eigenvalue weighted by atomic mass is 32.2. The number of nitrogens with zero attached hydrogens (tertiary/aromatic N) is 1. The molecule has 0 unspecified atom stereocenters. The summed E-state index contributed by atoms with van der Waals surface area (Å²) in [6.07, 6.45) is 1.68. The largest absolute Gasteiger partial charge is 0.478 e. The number of rotatable bonds is 6. The third-order valence-corrected chi connectivity index (χ3v) is 4.22. The minimum absolute atomic E-state index is 0.0255. The van der Waals surface area contributed by atoms with Gasteiger partial charge in [-0.1, -0.05) is 6.92 Å². The van der Waals surface area contributed by atoms with Crippen molar-refractivity contribution in [1.82, 2.24) is 4.57 Å². The smallest absolute Gasteiger partial charge is 0.337 e. The molecule has 18 heavy (non-hydrogen) atoms. The number of carboxylic acid groups (broad SMARTS) is 1. The number of hydrogen-bond acceptors (Lipinski definition) is 4. The van der Waals surface area contributed by atoms with Crippen LogP contribution >= 0.6 is 0 Å². The van der Waals surface area contributed by atoms with Crippen molar-refractivity contribution in [3.05, 3.63) is 34.2 Å². The molecule has 1 rings (SSSR count). The maximum atomic E-state index is 11.5. The van der Waals surface area contributed by atoms with E-state index in [0.29, 0.717) is 6.42 Å². The second kappa shape index (κ2) is 5.81. The Labute approximate surface area is 105 Å². The molecule has 0 atom stereocenters. The Morgan fingerprint density at radius 3 is 2.56 bits per heavy atom. The zero-order valence-corrected chi connectivity index (χ0v) is 10.8. The van der Waals surface area contributed by atoms with Gasteiger partial charge in [0.05, 0.1) is 11.3 Å². The Bertz CT molecular complexity index is 588. The fourth-order valence-electron chi connectivity index (χ4n) is 1.48. The Morgan fingerprint density at radius 2 is 2.00 bits per heavy atom. The van der Waals surface area contributed by atoms with Crippen LogP contribution in [0.25, 0.3) is 0 Å². The molecule has 0 bridgehead atoms. The lowest BCUT2D eigenvalue weighted by molar-refractivity contribution is 0.0696. The van der Waals surface area contributed by atoms with E-state index in [4.69, 9.17) is 5.11 Å². The van der Waals surface area contributed by atoms with E-state index in [1.807, 2.05) is 0 Å². The SMILES string of the molecule is CCCS(=O)(=O)CCn1cc(C(=O)O)ccc1=O. The summed E-state index contributed by atoms with van der Waals surface area (Å²) in [6, 6.07) is 2.32. The fourth-order valence-corrected chi connectivity index (χ4v) is 2.78. The molecule has 0 radical (unpaired) electrons. The van der Waals surface area contributed by atoms with Gasteiger partial charge in [0.25, 0.3) is 5.56 Å². The standard InChI is InChI=1S/C11H15NO5S/c1-2-6-18(16,17)7-5-12-8-9(11(14)15)3-4-10(12)13/h3-4,8H,2,5-7H2,1H3,(H,14,15). The van der Waals surface area contributed by atoms with Gasteiger partial charge in [-0.2, -0.15) is 0 Å². The Morgan fingerprint density at radius 1 is 1.33 bits per heavy atom. The molecule has 0 aromatic carbocycles. The zero-order chi connectivity index (χ0) is 13.8.